The molecule has 1 N–H and O–H groups in total. The van der Waals surface area contributed by atoms with Gasteiger partial charge in [-0.3, -0.25) is 0 Å². The van der Waals surface area contributed by atoms with E-state index in [-0.39, 0.29) is 0 Å². The highest BCUT2D eigenvalue weighted by molar-refractivity contribution is 7.80. The van der Waals surface area contributed by atoms with Crippen LogP contribution in [0.1, 0.15) is 20.3 Å². The Bertz CT molecular complexity index is 422. The van der Waals surface area contributed by atoms with Crippen LogP contribution in [0.25, 0.3) is 0 Å². The van der Waals surface area contributed by atoms with Crippen molar-refractivity contribution < 1.29 is 4.74 Å². The van der Waals surface area contributed by atoms with Gasteiger partial charge in [-0.15, -0.1) is 0 Å². The second-order valence-corrected chi connectivity index (χ2v) is 5.90. The predicted octanol–water partition coefficient (Wildman–Crippen LogP) is 3.37. The average molecular weight is 278 g/mol. The standard InChI is InChI=1S/C15H22N2OS/c1-11-8-12(2)10-17(9-11)15(19)16-13-4-6-14(18-3)7-5-13/h4-7,11-12H,8-10H2,1-3H3,(H,16,19)/t11-,12-/m1/s1. The van der Waals surface area contributed by atoms with Gasteiger partial charge >= 0.3 is 0 Å². The minimum Gasteiger partial charge on any atom is -0.497 e. The van der Waals surface area contributed by atoms with Crippen LogP contribution in [0.3, 0.4) is 0 Å². The molecule has 2 rings (SSSR count). The molecule has 1 heterocycles. The molecule has 1 aliphatic rings. The summed E-state index contributed by atoms with van der Waals surface area (Å²) >= 11 is 5.51. The van der Waals surface area contributed by atoms with Gasteiger partial charge in [-0.25, -0.2) is 0 Å². The molecular formula is C15H22N2OS. The maximum atomic E-state index is 5.51. The predicted molar refractivity (Wildman–Crippen MR) is 83.7 cm³/mol. The molecule has 0 saturated carbocycles. The van der Waals surface area contributed by atoms with Crippen LogP contribution in [0.5, 0.6) is 5.75 Å². The Balaban J connectivity index is 1.96. The van der Waals surface area contributed by atoms with Gasteiger partial charge < -0.3 is 15.0 Å². The summed E-state index contributed by atoms with van der Waals surface area (Å²) in [7, 11) is 1.67. The summed E-state index contributed by atoms with van der Waals surface area (Å²) in [6.45, 7) is 6.68. The second kappa shape index (κ2) is 6.24. The first-order valence-corrected chi connectivity index (χ1v) is 7.19. The van der Waals surface area contributed by atoms with Crippen LogP contribution in [0.15, 0.2) is 24.3 Å². The first-order chi connectivity index (χ1) is 9.08. The number of piperidine rings is 1. The van der Waals surface area contributed by atoms with Gasteiger partial charge in [0.25, 0.3) is 0 Å². The zero-order valence-corrected chi connectivity index (χ0v) is 12.7. The fourth-order valence-corrected chi connectivity index (χ4v) is 2.97. The molecule has 0 aromatic heterocycles. The normalized spacial score (nSPS) is 23.0. The summed E-state index contributed by atoms with van der Waals surface area (Å²) in [6, 6.07) is 7.85. The first-order valence-electron chi connectivity index (χ1n) is 6.78. The molecule has 1 saturated heterocycles. The van der Waals surface area contributed by atoms with Crippen molar-refractivity contribution in [1.82, 2.24) is 4.90 Å². The van der Waals surface area contributed by atoms with Crippen LogP contribution in [0.4, 0.5) is 5.69 Å². The zero-order valence-electron chi connectivity index (χ0n) is 11.8. The van der Waals surface area contributed by atoms with Gasteiger partial charge in [0.15, 0.2) is 5.11 Å². The Labute approximate surface area is 120 Å². The van der Waals surface area contributed by atoms with E-state index in [1.165, 1.54) is 6.42 Å². The third-order valence-corrected chi connectivity index (χ3v) is 3.86. The molecule has 104 valence electrons. The molecular weight excluding hydrogens is 256 g/mol. The van der Waals surface area contributed by atoms with Crippen molar-refractivity contribution in [2.24, 2.45) is 11.8 Å². The minimum atomic E-state index is 0.708. The van der Waals surface area contributed by atoms with E-state index in [1.807, 2.05) is 24.3 Å². The topological polar surface area (TPSA) is 24.5 Å². The van der Waals surface area contributed by atoms with E-state index < -0.39 is 0 Å². The molecule has 0 bridgehead atoms. The first kappa shape index (κ1) is 14.1. The third kappa shape index (κ3) is 3.83. The summed E-state index contributed by atoms with van der Waals surface area (Å²) in [6.07, 6.45) is 1.29. The molecule has 1 aromatic carbocycles. The number of anilines is 1. The van der Waals surface area contributed by atoms with Gasteiger partial charge in [0.05, 0.1) is 7.11 Å². The van der Waals surface area contributed by atoms with Crippen LogP contribution >= 0.6 is 12.2 Å². The number of nitrogens with zero attached hydrogens (tertiary/aromatic N) is 1. The number of thiocarbonyl (C=S) groups is 1. The van der Waals surface area contributed by atoms with Gasteiger partial charge in [-0.05, 0) is 54.7 Å². The molecule has 1 aliphatic heterocycles. The number of hydrogen-bond acceptors (Lipinski definition) is 2. The fraction of sp³-hybridized carbons (Fsp3) is 0.533. The highest BCUT2D eigenvalue weighted by atomic mass is 32.1. The Hall–Kier alpha value is -1.29. The van der Waals surface area contributed by atoms with Crippen molar-refractivity contribution in [3.63, 3.8) is 0 Å². The molecule has 1 fully saturated rings. The Morgan fingerprint density at radius 1 is 1.21 bits per heavy atom. The van der Waals surface area contributed by atoms with Crippen molar-refractivity contribution in [1.29, 1.82) is 0 Å². The lowest BCUT2D eigenvalue weighted by Crippen LogP contribution is -2.44. The molecule has 4 heteroatoms. The number of nitrogens with one attached hydrogen (secondary N) is 1. The molecule has 3 nitrogen and oxygen atoms in total. The van der Waals surface area contributed by atoms with Crippen LogP contribution < -0.4 is 10.1 Å². The largest absolute Gasteiger partial charge is 0.497 e. The van der Waals surface area contributed by atoms with Crippen LogP contribution in [-0.4, -0.2) is 30.2 Å². The van der Waals surface area contributed by atoms with Crippen molar-refractivity contribution in [3.05, 3.63) is 24.3 Å². The molecule has 0 unspecified atom stereocenters. The van der Waals surface area contributed by atoms with E-state index in [9.17, 15) is 0 Å². The zero-order chi connectivity index (χ0) is 13.8. The number of benzene rings is 1. The van der Waals surface area contributed by atoms with Gasteiger partial charge in [0.2, 0.25) is 0 Å². The van der Waals surface area contributed by atoms with Crippen LogP contribution in [0.2, 0.25) is 0 Å². The Morgan fingerprint density at radius 2 is 1.79 bits per heavy atom. The number of rotatable bonds is 2. The lowest BCUT2D eigenvalue weighted by Gasteiger charge is -2.36. The molecule has 0 radical (unpaired) electrons. The molecule has 0 aliphatic carbocycles. The third-order valence-electron chi connectivity index (χ3n) is 3.50. The second-order valence-electron chi connectivity index (χ2n) is 5.51. The molecule has 2 atom stereocenters. The number of likely N-dealkylation sites (tertiary alicyclic amines) is 1. The average Bonchev–Trinajstić information content (AvgIpc) is 2.38. The monoisotopic (exact) mass is 278 g/mol. The minimum absolute atomic E-state index is 0.708. The fourth-order valence-electron chi connectivity index (χ4n) is 2.71. The lowest BCUT2D eigenvalue weighted by atomic mass is 9.92. The molecule has 19 heavy (non-hydrogen) atoms. The lowest BCUT2D eigenvalue weighted by molar-refractivity contribution is 0.216. The number of methoxy groups -OCH3 is 1. The maximum Gasteiger partial charge on any atom is 0.173 e. The summed E-state index contributed by atoms with van der Waals surface area (Å²) in [5.74, 6) is 2.27. The van der Waals surface area contributed by atoms with Crippen LogP contribution in [-0.2, 0) is 0 Å². The van der Waals surface area contributed by atoms with E-state index >= 15 is 0 Å². The highest BCUT2D eigenvalue weighted by Gasteiger charge is 2.23. The smallest absolute Gasteiger partial charge is 0.173 e. The summed E-state index contributed by atoms with van der Waals surface area (Å²) < 4.78 is 5.15. The van der Waals surface area contributed by atoms with E-state index in [4.69, 9.17) is 17.0 Å². The SMILES string of the molecule is COc1ccc(NC(=S)N2C[C@H](C)C[C@@H](C)C2)cc1. The Kier molecular flexibility index (Phi) is 4.64. The van der Waals surface area contributed by atoms with Gasteiger partial charge in [-0.2, -0.15) is 0 Å². The quantitative estimate of drug-likeness (QED) is 0.838. The molecule has 0 amide bonds. The summed E-state index contributed by atoms with van der Waals surface area (Å²) in [5, 5.41) is 4.13. The van der Waals surface area contributed by atoms with Crippen molar-refractivity contribution >= 4 is 23.0 Å². The van der Waals surface area contributed by atoms with Crippen molar-refractivity contribution in [2.45, 2.75) is 20.3 Å². The molecule has 1 aromatic rings. The van der Waals surface area contributed by atoms with Crippen molar-refractivity contribution in [2.75, 3.05) is 25.5 Å². The number of hydrogen-bond donors (Lipinski definition) is 1. The molecule has 0 spiro atoms. The van der Waals surface area contributed by atoms with Gasteiger partial charge in [-0.1, -0.05) is 13.8 Å². The van der Waals surface area contributed by atoms with E-state index in [1.54, 1.807) is 7.11 Å². The van der Waals surface area contributed by atoms with E-state index in [2.05, 4.69) is 24.1 Å². The van der Waals surface area contributed by atoms with Crippen LogP contribution in [0, 0.1) is 11.8 Å². The van der Waals surface area contributed by atoms with E-state index in [0.29, 0.717) is 11.8 Å². The Morgan fingerprint density at radius 3 is 2.32 bits per heavy atom. The van der Waals surface area contributed by atoms with Crippen molar-refractivity contribution in [3.8, 4) is 5.75 Å². The van der Waals surface area contributed by atoms with Gasteiger partial charge in [0.1, 0.15) is 5.75 Å². The van der Waals surface area contributed by atoms with E-state index in [0.717, 1.165) is 29.6 Å². The maximum absolute atomic E-state index is 5.51. The summed E-state index contributed by atoms with van der Waals surface area (Å²) in [4.78, 5) is 2.28. The highest BCUT2D eigenvalue weighted by Crippen LogP contribution is 2.22. The summed E-state index contributed by atoms with van der Waals surface area (Å²) in [5.41, 5.74) is 1.01. The van der Waals surface area contributed by atoms with Gasteiger partial charge in [0, 0.05) is 18.8 Å². The number of ether oxygens (including phenoxy) is 1.